The van der Waals surface area contributed by atoms with Crippen LogP contribution in [0.3, 0.4) is 0 Å². The van der Waals surface area contributed by atoms with Gasteiger partial charge in [0.25, 0.3) is 5.91 Å². The number of rotatable bonds is 5. The van der Waals surface area contributed by atoms with E-state index in [2.05, 4.69) is 15.5 Å². The molecule has 2 heterocycles. The molecular weight excluding hydrogens is 316 g/mol. The van der Waals surface area contributed by atoms with Crippen LogP contribution < -0.4 is 10.1 Å². The highest BCUT2D eigenvalue weighted by Gasteiger charge is 2.13. The fourth-order valence-corrected chi connectivity index (χ4v) is 2.46. The van der Waals surface area contributed by atoms with E-state index in [1.807, 2.05) is 28.8 Å². The van der Waals surface area contributed by atoms with E-state index < -0.39 is 0 Å². The average Bonchev–Trinajstić information content (AvgIpc) is 2.98. The maximum Gasteiger partial charge on any atom is 0.255 e. The molecule has 0 spiro atoms. The van der Waals surface area contributed by atoms with E-state index in [9.17, 15) is 4.79 Å². The van der Waals surface area contributed by atoms with Crippen LogP contribution in [-0.2, 0) is 6.42 Å². The van der Waals surface area contributed by atoms with Crippen LogP contribution in [0.2, 0.25) is 5.02 Å². The zero-order chi connectivity index (χ0) is 16.2. The molecule has 0 radical (unpaired) electrons. The number of ether oxygens (including phenoxy) is 1. The number of carbonyl (C=O) groups excluding carboxylic acids is 1. The first-order valence-corrected chi connectivity index (χ1v) is 7.47. The van der Waals surface area contributed by atoms with E-state index in [0.29, 0.717) is 29.3 Å². The quantitative estimate of drug-likeness (QED) is 0.779. The molecule has 0 saturated carbocycles. The lowest BCUT2D eigenvalue weighted by Crippen LogP contribution is -2.26. The second-order valence-electron chi connectivity index (χ2n) is 4.90. The van der Waals surface area contributed by atoms with Crippen molar-refractivity contribution in [3.8, 4) is 5.75 Å². The number of hydrogen-bond acceptors (Lipinski definition) is 4. The van der Waals surface area contributed by atoms with Crippen LogP contribution in [0.5, 0.6) is 5.75 Å². The predicted octanol–water partition coefficient (Wildman–Crippen LogP) is 2.36. The van der Waals surface area contributed by atoms with Crippen molar-refractivity contribution >= 4 is 23.2 Å². The first kappa shape index (κ1) is 15.3. The minimum atomic E-state index is -0.215. The Kier molecular flexibility index (Phi) is 4.43. The molecule has 0 unspecified atom stereocenters. The third kappa shape index (κ3) is 3.27. The second-order valence-corrected chi connectivity index (χ2v) is 5.33. The lowest BCUT2D eigenvalue weighted by atomic mass is 10.2. The summed E-state index contributed by atoms with van der Waals surface area (Å²) >= 11 is 5.90. The van der Waals surface area contributed by atoms with Gasteiger partial charge in [-0.05, 0) is 30.3 Å². The third-order valence-corrected chi connectivity index (χ3v) is 3.66. The van der Waals surface area contributed by atoms with E-state index in [1.165, 1.54) is 7.11 Å². The summed E-state index contributed by atoms with van der Waals surface area (Å²) in [5.74, 6) is 1.03. The predicted molar refractivity (Wildman–Crippen MR) is 87.0 cm³/mol. The summed E-state index contributed by atoms with van der Waals surface area (Å²) in [6.45, 7) is 0.445. The Morgan fingerprint density at radius 2 is 2.17 bits per heavy atom. The Bertz CT molecular complexity index is 847. The van der Waals surface area contributed by atoms with Crippen molar-refractivity contribution in [3.63, 3.8) is 0 Å². The molecule has 1 amide bonds. The van der Waals surface area contributed by atoms with Crippen LogP contribution in [0.25, 0.3) is 5.65 Å². The van der Waals surface area contributed by atoms with Crippen LogP contribution in [0.15, 0.2) is 42.6 Å². The molecule has 1 N–H and O–H groups in total. The molecule has 2 aromatic heterocycles. The van der Waals surface area contributed by atoms with Gasteiger partial charge in [-0.25, -0.2) is 0 Å². The van der Waals surface area contributed by atoms with E-state index >= 15 is 0 Å². The fourth-order valence-electron chi connectivity index (χ4n) is 2.30. The zero-order valence-electron chi connectivity index (χ0n) is 12.5. The Morgan fingerprint density at radius 3 is 3.00 bits per heavy atom. The largest absolute Gasteiger partial charge is 0.496 e. The molecule has 0 fully saturated rings. The van der Waals surface area contributed by atoms with Crippen LogP contribution in [0, 0.1) is 0 Å². The summed E-state index contributed by atoms with van der Waals surface area (Å²) in [7, 11) is 1.50. The van der Waals surface area contributed by atoms with Crippen LogP contribution >= 0.6 is 11.6 Å². The first-order chi connectivity index (χ1) is 11.2. The normalized spacial score (nSPS) is 10.7. The van der Waals surface area contributed by atoms with E-state index in [4.69, 9.17) is 16.3 Å². The standard InChI is InChI=1S/C16H15ClN4O2/c1-23-13-10-11(17)5-6-12(13)16(22)18-8-7-15-20-19-14-4-2-3-9-21(14)15/h2-6,9-10H,7-8H2,1H3,(H,18,22). The summed E-state index contributed by atoms with van der Waals surface area (Å²) in [4.78, 5) is 12.3. The van der Waals surface area contributed by atoms with Gasteiger partial charge in [0.15, 0.2) is 5.65 Å². The molecule has 3 rings (SSSR count). The van der Waals surface area contributed by atoms with Gasteiger partial charge >= 0.3 is 0 Å². The lowest BCUT2D eigenvalue weighted by Gasteiger charge is -2.09. The molecule has 6 nitrogen and oxygen atoms in total. The molecular formula is C16H15ClN4O2. The third-order valence-electron chi connectivity index (χ3n) is 3.43. The summed E-state index contributed by atoms with van der Waals surface area (Å²) < 4.78 is 7.08. The van der Waals surface area contributed by atoms with Gasteiger partial charge in [0.05, 0.1) is 12.7 Å². The van der Waals surface area contributed by atoms with Crippen molar-refractivity contribution in [2.45, 2.75) is 6.42 Å². The van der Waals surface area contributed by atoms with E-state index in [1.54, 1.807) is 18.2 Å². The minimum absolute atomic E-state index is 0.215. The SMILES string of the molecule is COc1cc(Cl)ccc1C(=O)NCCc1nnc2ccccn12. The number of methoxy groups -OCH3 is 1. The van der Waals surface area contributed by atoms with Crippen LogP contribution in [0.4, 0.5) is 0 Å². The number of nitrogens with zero attached hydrogens (tertiary/aromatic N) is 3. The highest BCUT2D eigenvalue weighted by molar-refractivity contribution is 6.30. The van der Waals surface area contributed by atoms with Crippen LogP contribution in [-0.4, -0.2) is 34.2 Å². The second kappa shape index (κ2) is 6.66. The summed E-state index contributed by atoms with van der Waals surface area (Å²) in [5.41, 5.74) is 1.23. The van der Waals surface area contributed by atoms with E-state index in [0.717, 1.165) is 11.5 Å². The number of benzene rings is 1. The smallest absolute Gasteiger partial charge is 0.255 e. The highest BCUT2D eigenvalue weighted by atomic mass is 35.5. The highest BCUT2D eigenvalue weighted by Crippen LogP contribution is 2.22. The lowest BCUT2D eigenvalue weighted by molar-refractivity contribution is 0.0951. The van der Waals surface area contributed by atoms with Crippen LogP contribution in [0.1, 0.15) is 16.2 Å². The number of nitrogens with one attached hydrogen (secondary N) is 1. The maximum absolute atomic E-state index is 12.3. The molecule has 1 aromatic carbocycles. The molecule has 118 valence electrons. The summed E-state index contributed by atoms with van der Waals surface area (Å²) in [5, 5.41) is 11.6. The first-order valence-electron chi connectivity index (χ1n) is 7.09. The molecule has 7 heteroatoms. The molecule has 0 bridgehead atoms. The molecule has 0 aliphatic heterocycles. The molecule has 23 heavy (non-hydrogen) atoms. The van der Waals surface area contributed by atoms with Gasteiger partial charge in [0.2, 0.25) is 0 Å². The number of amides is 1. The Hall–Kier alpha value is -2.60. The van der Waals surface area contributed by atoms with Gasteiger partial charge in [-0.3, -0.25) is 9.20 Å². The number of halogens is 1. The monoisotopic (exact) mass is 330 g/mol. The summed E-state index contributed by atoms with van der Waals surface area (Å²) in [6, 6.07) is 10.6. The molecule has 0 atom stereocenters. The van der Waals surface area contributed by atoms with Crippen molar-refractivity contribution in [2.24, 2.45) is 0 Å². The minimum Gasteiger partial charge on any atom is -0.496 e. The van der Waals surface area contributed by atoms with Gasteiger partial charge in [-0.15, -0.1) is 10.2 Å². The topological polar surface area (TPSA) is 68.5 Å². The number of hydrogen-bond donors (Lipinski definition) is 1. The molecule has 0 aliphatic carbocycles. The Balaban J connectivity index is 1.66. The maximum atomic E-state index is 12.3. The van der Waals surface area contributed by atoms with Gasteiger partial charge in [-0.2, -0.15) is 0 Å². The Morgan fingerprint density at radius 1 is 1.30 bits per heavy atom. The molecule has 0 saturated heterocycles. The zero-order valence-corrected chi connectivity index (χ0v) is 13.2. The Labute approximate surface area is 138 Å². The van der Waals surface area contributed by atoms with Gasteiger partial charge in [-0.1, -0.05) is 17.7 Å². The summed E-state index contributed by atoms with van der Waals surface area (Å²) in [6.07, 6.45) is 2.47. The molecule has 3 aromatic rings. The van der Waals surface area contributed by atoms with Crippen molar-refractivity contribution in [1.82, 2.24) is 19.9 Å². The van der Waals surface area contributed by atoms with Gasteiger partial charge in [0.1, 0.15) is 11.6 Å². The number of fused-ring (bicyclic) bond motifs is 1. The fraction of sp³-hybridized carbons (Fsp3) is 0.188. The van der Waals surface area contributed by atoms with Crippen molar-refractivity contribution in [2.75, 3.05) is 13.7 Å². The number of pyridine rings is 1. The van der Waals surface area contributed by atoms with Crippen molar-refractivity contribution in [3.05, 3.63) is 59.0 Å². The average molecular weight is 331 g/mol. The van der Waals surface area contributed by atoms with E-state index in [-0.39, 0.29) is 5.91 Å². The van der Waals surface area contributed by atoms with Gasteiger partial charge in [0, 0.05) is 24.2 Å². The van der Waals surface area contributed by atoms with Gasteiger partial charge < -0.3 is 10.1 Å². The van der Waals surface area contributed by atoms with Crippen molar-refractivity contribution < 1.29 is 9.53 Å². The molecule has 0 aliphatic rings. The number of carbonyl (C=O) groups is 1. The van der Waals surface area contributed by atoms with Crippen molar-refractivity contribution in [1.29, 1.82) is 0 Å². The number of aromatic nitrogens is 3.